The van der Waals surface area contributed by atoms with Crippen molar-refractivity contribution in [2.24, 2.45) is 0 Å². The first-order chi connectivity index (χ1) is 10.1. The van der Waals surface area contributed by atoms with Crippen molar-refractivity contribution < 1.29 is 4.92 Å². The van der Waals surface area contributed by atoms with Gasteiger partial charge in [-0.1, -0.05) is 30.3 Å². The summed E-state index contributed by atoms with van der Waals surface area (Å²) in [6.45, 7) is 0.416. The topological polar surface area (TPSA) is 78.0 Å². The largest absolute Gasteiger partial charge is 0.294 e. The van der Waals surface area contributed by atoms with E-state index >= 15 is 0 Å². The van der Waals surface area contributed by atoms with Crippen LogP contribution >= 0.6 is 0 Å². The summed E-state index contributed by atoms with van der Waals surface area (Å²) in [5, 5.41) is 11.1. The van der Waals surface area contributed by atoms with Crippen molar-refractivity contribution in [2.45, 2.75) is 6.54 Å². The van der Waals surface area contributed by atoms with Gasteiger partial charge in [-0.05, 0) is 11.6 Å². The van der Waals surface area contributed by atoms with E-state index in [1.54, 1.807) is 0 Å². The summed E-state index contributed by atoms with van der Waals surface area (Å²) in [5.74, 6) is 0. The van der Waals surface area contributed by atoms with E-state index < -0.39 is 4.92 Å². The number of non-ortho nitro benzene ring substituents is 1. The molecular formula is C15H11N3O3. The maximum Gasteiger partial charge on any atom is 0.271 e. The second-order valence-electron chi connectivity index (χ2n) is 4.62. The zero-order valence-electron chi connectivity index (χ0n) is 11.0. The summed E-state index contributed by atoms with van der Waals surface area (Å²) in [5.41, 5.74) is 1.04. The fraction of sp³-hybridized carbons (Fsp3) is 0.0667. The van der Waals surface area contributed by atoms with E-state index in [1.807, 2.05) is 30.3 Å². The molecule has 6 nitrogen and oxygen atoms in total. The van der Waals surface area contributed by atoms with Crippen LogP contribution in [-0.2, 0) is 6.54 Å². The minimum absolute atomic E-state index is 0.0739. The van der Waals surface area contributed by atoms with Gasteiger partial charge in [-0.25, -0.2) is 4.98 Å². The SMILES string of the molecule is O=c1c2ccc([N+](=O)[O-])cc2ncn1Cc1ccccc1. The first-order valence-corrected chi connectivity index (χ1v) is 6.32. The zero-order valence-corrected chi connectivity index (χ0v) is 11.0. The Hall–Kier alpha value is -3.02. The van der Waals surface area contributed by atoms with Gasteiger partial charge < -0.3 is 0 Å². The molecule has 1 heterocycles. The highest BCUT2D eigenvalue weighted by molar-refractivity contribution is 5.79. The van der Waals surface area contributed by atoms with Gasteiger partial charge >= 0.3 is 0 Å². The third-order valence-corrected chi connectivity index (χ3v) is 3.22. The minimum Gasteiger partial charge on any atom is -0.294 e. The zero-order chi connectivity index (χ0) is 14.8. The molecule has 3 aromatic rings. The molecule has 0 saturated carbocycles. The number of fused-ring (bicyclic) bond motifs is 1. The predicted molar refractivity (Wildman–Crippen MR) is 78.2 cm³/mol. The van der Waals surface area contributed by atoms with Crippen LogP contribution in [-0.4, -0.2) is 14.5 Å². The molecule has 0 amide bonds. The lowest BCUT2D eigenvalue weighted by Crippen LogP contribution is -2.21. The second kappa shape index (κ2) is 5.16. The van der Waals surface area contributed by atoms with Crippen LogP contribution in [0.3, 0.4) is 0 Å². The number of aromatic nitrogens is 2. The minimum atomic E-state index is -0.503. The first-order valence-electron chi connectivity index (χ1n) is 6.32. The van der Waals surface area contributed by atoms with Crippen molar-refractivity contribution in [3.63, 3.8) is 0 Å². The summed E-state index contributed by atoms with van der Waals surface area (Å²) in [7, 11) is 0. The molecule has 0 spiro atoms. The second-order valence-corrected chi connectivity index (χ2v) is 4.62. The van der Waals surface area contributed by atoms with Gasteiger partial charge in [0, 0.05) is 12.1 Å². The molecule has 0 aliphatic rings. The Balaban J connectivity index is 2.06. The third kappa shape index (κ3) is 2.51. The maximum absolute atomic E-state index is 12.4. The highest BCUT2D eigenvalue weighted by Crippen LogP contribution is 2.16. The van der Waals surface area contributed by atoms with Crippen molar-refractivity contribution in [3.8, 4) is 0 Å². The Labute approximate surface area is 119 Å². The lowest BCUT2D eigenvalue weighted by molar-refractivity contribution is -0.384. The van der Waals surface area contributed by atoms with Crippen LogP contribution in [0.5, 0.6) is 0 Å². The predicted octanol–water partition coefficient (Wildman–Crippen LogP) is 2.35. The standard InChI is InChI=1S/C15H11N3O3/c19-15-13-7-6-12(18(20)21)8-14(13)16-10-17(15)9-11-4-2-1-3-5-11/h1-8,10H,9H2. The van der Waals surface area contributed by atoms with Crippen molar-refractivity contribution in [2.75, 3.05) is 0 Å². The molecule has 2 aromatic carbocycles. The molecule has 21 heavy (non-hydrogen) atoms. The fourth-order valence-electron chi connectivity index (χ4n) is 2.15. The quantitative estimate of drug-likeness (QED) is 0.545. The smallest absolute Gasteiger partial charge is 0.271 e. The van der Waals surface area contributed by atoms with Gasteiger partial charge in [-0.3, -0.25) is 19.5 Å². The number of hydrogen-bond donors (Lipinski definition) is 0. The van der Waals surface area contributed by atoms with E-state index in [1.165, 1.54) is 29.1 Å². The van der Waals surface area contributed by atoms with E-state index in [2.05, 4.69) is 4.98 Å². The van der Waals surface area contributed by atoms with Crippen LogP contribution in [0.15, 0.2) is 59.7 Å². The number of benzene rings is 2. The molecule has 104 valence electrons. The fourth-order valence-corrected chi connectivity index (χ4v) is 2.15. The molecule has 0 unspecified atom stereocenters. The van der Waals surface area contributed by atoms with Crippen molar-refractivity contribution >= 4 is 16.6 Å². The molecule has 6 heteroatoms. The monoisotopic (exact) mass is 281 g/mol. The third-order valence-electron chi connectivity index (χ3n) is 3.22. The number of hydrogen-bond acceptors (Lipinski definition) is 4. The molecule has 0 atom stereocenters. The molecule has 0 saturated heterocycles. The van der Waals surface area contributed by atoms with Crippen LogP contribution in [0.2, 0.25) is 0 Å². The number of nitro benzene ring substituents is 1. The molecule has 0 fully saturated rings. The summed E-state index contributed by atoms with van der Waals surface area (Å²) in [4.78, 5) is 26.7. The number of nitro groups is 1. The van der Waals surface area contributed by atoms with Crippen LogP contribution in [0.25, 0.3) is 10.9 Å². The average Bonchev–Trinajstić information content (AvgIpc) is 2.51. The Kier molecular flexibility index (Phi) is 3.19. The summed E-state index contributed by atoms with van der Waals surface area (Å²) >= 11 is 0. The summed E-state index contributed by atoms with van der Waals surface area (Å²) < 4.78 is 1.49. The summed E-state index contributed by atoms with van der Waals surface area (Å²) in [6, 6.07) is 13.6. The van der Waals surface area contributed by atoms with Gasteiger partial charge in [0.05, 0.1) is 28.7 Å². The average molecular weight is 281 g/mol. The first kappa shape index (κ1) is 13.0. The Morgan fingerprint density at radius 2 is 1.90 bits per heavy atom. The Bertz CT molecular complexity index is 872. The van der Waals surface area contributed by atoms with Crippen molar-refractivity contribution in [3.05, 3.63) is 80.9 Å². The van der Waals surface area contributed by atoms with Crippen LogP contribution in [0.1, 0.15) is 5.56 Å². The molecule has 0 radical (unpaired) electrons. The molecule has 0 bridgehead atoms. The molecule has 0 aliphatic carbocycles. The lowest BCUT2D eigenvalue weighted by Gasteiger charge is -2.06. The van der Waals surface area contributed by atoms with Gasteiger partial charge in [0.15, 0.2) is 0 Å². The van der Waals surface area contributed by atoms with Crippen molar-refractivity contribution in [1.29, 1.82) is 0 Å². The van der Waals surface area contributed by atoms with Crippen molar-refractivity contribution in [1.82, 2.24) is 9.55 Å². The number of nitrogens with zero attached hydrogens (tertiary/aromatic N) is 3. The summed E-state index contributed by atoms with van der Waals surface area (Å²) in [6.07, 6.45) is 1.42. The van der Waals surface area contributed by atoms with Gasteiger partial charge in [0.25, 0.3) is 11.2 Å². The Morgan fingerprint density at radius 3 is 2.62 bits per heavy atom. The molecule has 1 aromatic heterocycles. The van der Waals surface area contributed by atoms with E-state index in [0.717, 1.165) is 5.56 Å². The molecular weight excluding hydrogens is 270 g/mol. The molecule has 0 aliphatic heterocycles. The van der Waals surface area contributed by atoms with E-state index in [0.29, 0.717) is 17.4 Å². The van der Waals surface area contributed by atoms with E-state index in [4.69, 9.17) is 0 Å². The van der Waals surface area contributed by atoms with Crippen LogP contribution in [0, 0.1) is 10.1 Å². The van der Waals surface area contributed by atoms with Gasteiger partial charge in [-0.15, -0.1) is 0 Å². The Morgan fingerprint density at radius 1 is 1.14 bits per heavy atom. The van der Waals surface area contributed by atoms with Gasteiger partial charge in [0.1, 0.15) is 0 Å². The number of rotatable bonds is 3. The van der Waals surface area contributed by atoms with Gasteiger partial charge in [-0.2, -0.15) is 0 Å². The normalized spacial score (nSPS) is 10.7. The van der Waals surface area contributed by atoms with Gasteiger partial charge in [0.2, 0.25) is 0 Å². The van der Waals surface area contributed by atoms with E-state index in [9.17, 15) is 14.9 Å². The van der Waals surface area contributed by atoms with Crippen LogP contribution < -0.4 is 5.56 Å². The highest BCUT2D eigenvalue weighted by atomic mass is 16.6. The lowest BCUT2D eigenvalue weighted by atomic mass is 10.2. The molecule has 3 rings (SSSR count). The van der Waals surface area contributed by atoms with E-state index in [-0.39, 0.29) is 11.2 Å². The maximum atomic E-state index is 12.4. The highest BCUT2D eigenvalue weighted by Gasteiger charge is 2.10. The van der Waals surface area contributed by atoms with Crippen LogP contribution in [0.4, 0.5) is 5.69 Å². The molecule has 0 N–H and O–H groups in total.